The van der Waals surface area contributed by atoms with Crippen molar-refractivity contribution >= 4 is 28.9 Å². The first-order chi connectivity index (χ1) is 14.0. The minimum Gasteiger partial charge on any atom is -0.451 e. The molecule has 1 aromatic heterocycles. The maximum atomic E-state index is 12.8. The van der Waals surface area contributed by atoms with Crippen LogP contribution in [0, 0.1) is 25.2 Å². The number of hydrogen-bond donors (Lipinski definition) is 0. The Bertz CT molecular complexity index is 898. The van der Waals surface area contributed by atoms with E-state index in [0.29, 0.717) is 4.88 Å². The van der Waals surface area contributed by atoms with Gasteiger partial charge in [-0.3, -0.25) is 4.79 Å². The van der Waals surface area contributed by atoms with E-state index in [4.69, 9.17) is 10.00 Å². The molecular weight excluding hydrogens is 384 g/mol. The fourth-order valence-electron chi connectivity index (χ4n) is 3.71. The Morgan fingerprint density at radius 3 is 2.55 bits per heavy atom. The van der Waals surface area contributed by atoms with Gasteiger partial charge in [-0.15, -0.1) is 11.3 Å². The molecule has 0 N–H and O–H groups in total. The molecule has 1 heterocycles. The summed E-state index contributed by atoms with van der Waals surface area (Å²) in [6, 6.07) is 9.83. The molecule has 0 unspecified atom stereocenters. The number of fused-ring (bicyclic) bond motifs is 1. The predicted octanol–water partition coefficient (Wildman–Crippen LogP) is 4.74. The average Bonchev–Trinajstić information content (AvgIpc) is 2.96. The Morgan fingerprint density at radius 2 is 1.83 bits per heavy atom. The van der Waals surface area contributed by atoms with Gasteiger partial charge in [0.25, 0.3) is 5.91 Å². The van der Waals surface area contributed by atoms with Gasteiger partial charge in [-0.05, 0) is 74.4 Å². The van der Waals surface area contributed by atoms with E-state index in [0.717, 1.165) is 42.5 Å². The number of amides is 1. The molecule has 1 aromatic carbocycles. The molecule has 1 amide bonds. The van der Waals surface area contributed by atoms with Gasteiger partial charge in [0.2, 0.25) is 0 Å². The third-order valence-electron chi connectivity index (χ3n) is 5.04. The van der Waals surface area contributed by atoms with Gasteiger partial charge < -0.3 is 9.64 Å². The van der Waals surface area contributed by atoms with E-state index in [2.05, 4.69) is 6.07 Å². The SMILES string of the molecule is Cc1cc(C)cc(N(CCC#N)C(=O)COC(=O)c2cc3c(s2)CCCCC3)c1. The number of carbonyl (C=O) groups is 2. The second-order valence-electron chi connectivity index (χ2n) is 7.50. The van der Waals surface area contributed by atoms with Crippen LogP contribution in [0.1, 0.15) is 56.9 Å². The molecule has 5 nitrogen and oxygen atoms in total. The monoisotopic (exact) mass is 410 g/mol. The van der Waals surface area contributed by atoms with Crippen LogP contribution in [0.2, 0.25) is 0 Å². The number of ether oxygens (including phenoxy) is 1. The highest BCUT2D eigenvalue weighted by molar-refractivity contribution is 7.14. The summed E-state index contributed by atoms with van der Waals surface area (Å²) in [5.74, 6) is -0.770. The van der Waals surface area contributed by atoms with Crippen LogP contribution in [-0.2, 0) is 22.4 Å². The summed E-state index contributed by atoms with van der Waals surface area (Å²) in [5, 5.41) is 8.95. The van der Waals surface area contributed by atoms with Gasteiger partial charge in [0.05, 0.1) is 12.5 Å². The van der Waals surface area contributed by atoms with Gasteiger partial charge in [0.15, 0.2) is 6.61 Å². The standard InChI is InChI=1S/C23H26N2O3S/c1-16-11-17(2)13-19(12-16)25(10-6-9-24)22(26)15-28-23(27)21-14-18-7-4-3-5-8-20(18)29-21/h11-14H,3-8,10,15H2,1-2H3. The smallest absolute Gasteiger partial charge is 0.348 e. The van der Waals surface area contributed by atoms with Gasteiger partial charge in [-0.25, -0.2) is 4.79 Å². The van der Waals surface area contributed by atoms with E-state index < -0.39 is 5.97 Å². The molecular formula is C23H26N2O3S. The lowest BCUT2D eigenvalue weighted by Gasteiger charge is -2.22. The van der Waals surface area contributed by atoms with Gasteiger partial charge in [-0.2, -0.15) is 5.26 Å². The van der Waals surface area contributed by atoms with Gasteiger partial charge in [0, 0.05) is 17.1 Å². The molecule has 0 bridgehead atoms. The lowest BCUT2D eigenvalue weighted by atomic mass is 10.1. The Hall–Kier alpha value is -2.65. The summed E-state index contributed by atoms with van der Waals surface area (Å²) in [5.41, 5.74) is 4.04. The lowest BCUT2D eigenvalue weighted by Crippen LogP contribution is -2.35. The summed E-state index contributed by atoms with van der Waals surface area (Å²) < 4.78 is 5.34. The van der Waals surface area contributed by atoms with Crippen LogP contribution in [-0.4, -0.2) is 25.0 Å². The van der Waals surface area contributed by atoms with Crippen LogP contribution < -0.4 is 4.90 Å². The van der Waals surface area contributed by atoms with Crippen LogP contribution in [0.4, 0.5) is 5.69 Å². The maximum Gasteiger partial charge on any atom is 0.348 e. The predicted molar refractivity (Wildman–Crippen MR) is 114 cm³/mol. The summed E-state index contributed by atoms with van der Waals surface area (Å²) >= 11 is 1.49. The molecule has 0 radical (unpaired) electrons. The van der Waals surface area contributed by atoms with Crippen molar-refractivity contribution in [3.8, 4) is 6.07 Å². The second-order valence-corrected chi connectivity index (χ2v) is 8.63. The molecule has 3 rings (SSSR count). The first-order valence-electron chi connectivity index (χ1n) is 10.0. The number of thiophene rings is 1. The first kappa shape index (κ1) is 21.1. The van der Waals surface area contributed by atoms with Crippen molar-refractivity contribution in [2.45, 2.75) is 52.4 Å². The molecule has 0 atom stereocenters. The van der Waals surface area contributed by atoms with E-state index in [-0.39, 0.29) is 25.5 Å². The van der Waals surface area contributed by atoms with Gasteiger partial charge in [-0.1, -0.05) is 12.5 Å². The minimum absolute atomic E-state index is 0.213. The van der Waals surface area contributed by atoms with Gasteiger partial charge in [0.1, 0.15) is 4.88 Å². The van der Waals surface area contributed by atoms with E-state index >= 15 is 0 Å². The molecule has 6 heteroatoms. The lowest BCUT2D eigenvalue weighted by molar-refractivity contribution is -0.121. The van der Waals surface area contributed by atoms with Crippen molar-refractivity contribution in [1.29, 1.82) is 5.26 Å². The van der Waals surface area contributed by atoms with E-state index in [1.807, 2.05) is 38.1 Å². The molecule has 0 saturated carbocycles. The maximum absolute atomic E-state index is 12.8. The third-order valence-corrected chi connectivity index (χ3v) is 6.26. The third kappa shape index (κ3) is 5.45. The normalized spacial score (nSPS) is 13.1. The fraction of sp³-hybridized carbons (Fsp3) is 0.435. The van der Waals surface area contributed by atoms with E-state index in [9.17, 15) is 9.59 Å². The zero-order valence-corrected chi connectivity index (χ0v) is 17.8. The molecule has 152 valence electrons. The van der Waals surface area contributed by atoms with Crippen molar-refractivity contribution in [2.75, 3.05) is 18.1 Å². The molecule has 0 spiro atoms. The van der Waals surface area contributed by atoms with Crippen LogP contribution in [0.3, 0.4) is 0 Å². The summed E-state index contributed by atoms with van der Waals surface area (Å²) in [4.78, 5) is 28.7. The van der Waals surface area contributed by atoms with Crippen molar-refractivity contribution < 1.29 is 14.3 Å². The largest absolute Gasteiger partial charge is 0.451 e. The van der Waals surface area contributed by atoms with Crippen molar-refractivity contribution in [1.82, 2.24) is 0 Å². The van der Waals surface area contributed by atoms with Gasteiger partial charge >= 0.3 is 5.97 Å². The number of rotatable bonds is 6. The number of hydrogen-bond acceptors (Lipinski definition) is 5. The Labute approximate surface area is 175 Å². The van der Waals surface area contributed by atoms with Crippen molar-refractivity contribution in [3.05, 3.63) is 50.7 Å². The molecule has 2 aromatic rings. The summed E-state index contributed by atoms with van der Waals surface area (Å²) in [7, 11) is 0. The summed E-state index contributed by atoms with van der Waals surface area (Å²) in [6.07, 6.45) is 5.77. The van der Waals surface area contributed by atoms with Crippen LogP contribution in [0.5, 0.6) is 0 Å². The molecule has 1 aliphatic carbocycles. The quantitative estimate of drug-likeness (QED) is 0.509. The molecule has 29 heavy (non-hydrogen) atoms. The zero-order chi connectivity index (χ0) is 20.8. The molecule has 1 aliphatic rings. The summed E-state index contributed by atoms with van der Waals surface area (Å²) in [6.45, 7) is 3.86. The van der Waals surface area contributed by atoms with Crippen molar-refractivity contribution in [2.24, 2.45) is 0 Å². The Kier molecular flexibility index (Phi) is 7.05. The number of benzene rings is 1. The Balaban J connectivity index is 1.68. The number of carbonyl (C=O) groups excluding carboxylic acids is 2. The number of esters is 1. The van der Waals surface area contributed by atoms with E-state index in [1.165, 1.54) is 33.1 Å². The number of aryl methyl sites for hydroxylation is 4. The zero-order valence-electron chi connectivity index (χ0n) is 17.0. The van der Waals surface area contributed by atoms with Crippen molar-refractivity contribution in [3.63, 3.8) is 0 Å². The van der Waals surface area contributed by atoms with Crippen LogP contribution in [0.25, 0.3) is 0 Å². The minimum atomic E-state index is -0.447. The fourth-order valence-corrected chi connectivity index (χ4v) is 4.86. The number of nitrogens with zero attached hydrogens (tertiary/aromatic N) is 2. The second kappa shape index (κ2) is 9.71. The molecule has 0 saturated heterocycles. The Morgan fingerprint density at radius 1 is 1.10 bits per heavy atom. The first-order valence-corrected chi connectivity index (χ1v) is 10.8. The topological polar surface area (TPSA) is 70.4 Å². The average molecular weight is 411 g/mol. The highest BCUT2D eigenvalue weighted by Crippen LogP contribution is 2.29. The van der Waals surface area contributed by atoms with Crippen LogP contribution >= 0.6 is 11.3 Å². The number of anilines is 1. The molecule has 0 fully saturated rings. The van der Waals surface area contributed by atoms with E-state index in [1.54, 1.807) is 0 Å². The number of nitriles is 1. The highest BCUT2D eigenvalue weighted by atomic mass is 32.1. The van der Waals surface area contributed by atoms with Crippen LogP contribution in [0.15, 0.2) is 24.3 Å². The molecule has 0 aliphatic heterocycles. The highest BCUT2D eigenvalue weighted by Gasteiger charge is 2.21.